The number of aliphatic carboxylic acids is 1. The van der Waals surface area contributed by atoms with E-state index in [0.717, 1.165) is 5.56 Å². The Morgan fingerprint density at radius 3 is 2.65 bits per heavy atom. The van der Waals surface area contributed by atoms with E-state index >= 15 is 0 Å². The van der Waals surface area contributed by atoms with Crippen LogP contribution >= 0.6 is 11.6 Å². The topological polar surface area (TPSA) is 102 Å². The molecule has 0 spiro atoms. The lowest BCUT2D eigenvalue weighted by Gasteiger charge is -2.28. The molecule has 26 heavy (non-hydrogen) atoms. The first kappa shape index (κ1) is 19.9. The standard InChI is InChI=1S/C18H21ClN2O5/c1-18(11-25-2,9-17(23)24)21-15(22)7-8-16-20-10-14(26-16)12-3-5-13(19)6-4-12/h3-6,10H,7-9,11H2,1-2H3,(H,21,22)(H,23,24). The summed E-state index contributed by atoms with van der Waals surface area (Å²) in [7, 11) is 1.46. The second kappa shape index (κ2) is 8.82. The van der Waals surface area contributed by atoms with Crippen LogP contribution in [0.25, 0.3) is 11.3 Å². The number of nitrogens with one attached hydrogen (secondary N) is 1. The molecule has 0 bridgehead atoms. The summed E-state index contributed by atoms with van der Waals surface area (Å²) < 4.78 is 10.7. The van der Waals surface area contributed by atoms with E-state index in [0.29, 0.717) is 23.1 Å². The first-order valence-corrected chi connectivity index (χ1v) is 8.41. The van der Waals surface area contributed by atoms with Gasteiger partial charge in [-0.15, -0.1) is 0 Å². The minimum atomic E-state index is -1.01. The summed E-state index contributed by atoms with van der Waals surface area (Å²) in [5, 5.41) is 12.3. The zero-order chi connectivity index (χ0) is 19.2. The Hall–Kier alpha value is -2.38. The average molecular weight is 381 g/mol. The molecule has 0 saturated carbocycles. The maximum absolute atomic E-state index is 12.2. The van der Waals surface area contributed by atoms with Crippen LogP contribution in [0.5, 0.6) is 0 Å². The molecule has 0 aliphatic heterocycles. The molecule has 1 atom stereocenters. The van der Waals surface area contributed by atoms with Crippen molar-refractivity contribution in [1.82, 2.24) is 10.3 Å². The first-order valence-electron chi connectivity index (χ1n) is 8.04. The number of halogens is 1. The SMILES string of the molecule is COCC(C)(CC(=O)O)NC(=O)CCc1ncc(-c2ccc(Cl)cc2)o1. The van der Waals surface area contributed by atoms with Gasteiger partial charge in [-0.05, 0) is 31.2 Å². The Labute approximate surface area is 156 Å². The van der Waals surface area contributed by atoms with Crippen LogP contribution in [0.4, 0.5) is 0 Å². The van der Waals surface area contributed by atoms with Crippen molar-refractivity contribution in [3.05, 3.63) is 41.4 Å². The summed E-state index contributed by atoms with van der Waals surface area (Å²) >= 11 is 5.86. The number of carboxylic acid groups (broad SMARTS) is 1. The Kier molecular flexibility index (Phi) is 6.76. The maximum atomic E-state index is 12.2. The Morgan fingerprint density at radius 1 is 1.35 bits per heavy atom. The van der Waals surface area contributed by atoms with E-state index in [2.05, 4.69) is 10.3 Å². The van der Waals surface area contributed by atoms with E-state index in [4.69, 9.17) is 25.9 Å². The quantitative estimate of drug-likeness (QED) is 0.693. The van der Waals surface area contributed by atoms with Gasteiger partial charge in [0.1, 0.15) is 0 Å². The monoisotopic (exact) mass is 380 g/mol. The molecule has 1 heterocycles. The fourth-order valence-electron chi connectivity index (χ4n) is 2.58. The van der Waals surface area contributed by atoms with Crippen LogP contribution < -0.4 is 5.32 Å². The highest BCUT2D eigenvalue weighted by molar-refractivity contribution is 6.30. The van der Waals surface area contributed by atoms with Crippen LogP contribution in [-0.4, -0.2) is 41.2 Å². The number of oxazole rings is 1. The Bertz CT molecular complexity index is 759. The van der Waals surface area contributed by atoms with E-state index in [9.17, 15) is 9.59 Å². The van der Waals surface area contributed by atoms with Crippen molar-refractivity contribution in [2.45, 2.75) is 31.7 Å². The summed E-state index contributed by atoms with van der Waals surface area (Å²) in [5.74, 6) is -0.286. The zero-order valence-electron chi connectivity index (χ0n) is 14.6. The smallest absolute Gasteiger partial charge is 0.305 e. The van der Waals surface area contributed by atoms with Gasteiger partial charge in [-0.3, -0.25) is 9.59 Å². The molecule has 1 aromatic heterocycles. The number of carbonyl (C=O) groups excluding carboxylic acids is 1. The van der Waals surface area contributed by atoms with Crippen molar-refractivity contribution in [2.75, 3.05) is 13.7 Å². The predicted molar refractivity (Wildman–Crippen MR) is 95.9 cm³/mol. The lowest BCUT2D eigenvalue weighted by atomic mass is 9.98. The number of aromatic nitrogens is 1. The number of nitrogens with zero attached hydrogens (tertiary/aromatic N) is 1. The molecule has 1 unspecified atom stereocenters. The number of benzene rings is 1. The summed E-state index contributed by atoms with van der Waals surface area (Å²) in [6, 6.07) is 7.15. The Morgan fingerprint density at radius 2 is 2.04 bits per heavy atom. The van der Waals surface area contributed by atoms with Gasteiger partial charge in [-0.2, -0.15) is 0 Å². The zero-order valence-corrected chi connectivity index (χ0v) is 15.4. The first-order chi connectivity index (χ1) is 12.3. The Balaban J connectivity index is 1.92. The fraction of sp³-hybridized carbons (Fsp3) is 0.389. The van der Waals surface area contributed by atoms with Gasteiger partial charge in [0.05, 0.1) is 24.8 Å². The minimum Gasteiger partial charge on any atom is -0.481 e. The normalized spacial score (nSPS) is 13.2. The van der Waals surface area contributed by atoms with E-state index < -0.39 is 11.5 Å². The maximum Gasteiger partial charge on any atom is 0.305 e. The molecule has 2 aromatic rings. The minimum absolute atomic E-state index is 0.102. The van der Waals surface area contributed by atoms with E-state index in [-0.39, 0.29) is 25.4 Å². The van der Waals surface area contributed by atoms with Gasteiger partial charge in [-0.25, -0.2) is 4.98 Å². The van der Waals surface area contributed by atoms with Crippen LogP contribution in [0.3, 0.4) is 0 Å². The highest BCUT2D eigenvalue weighted by atomic mass is 35.5. The fourth-order valence-corrected chi connectivity index (χ4v) is 2.70. The number of ether oxygens (including phenoxy) is 1. The molecule has 2 N–H and O–H groups in total. The van der Waals surface area contributed by atoms with E-state index in [1.807, 2.05) is 12.1 Å². The van der Waals surface area contributed by atoms with Gasteiger partial charge < -0.3 is 19.6 Å². The third kappa shape index (κ3) is 5.86. The average Bonchev–Trinajstić information content (AvgIpc) is 3.01. The number of methoxy groups -OCH3 is 1. The molecule has 1 amide bonds. The lowest BCUT2D eigenvalue weighted by Crippen LogP contribution is -2.50. The number of rotatable bonds is 9. The summed E-state index contributed by atoms with van der Waals surface area (Å²) in [6.07, 6.45) is 1.79. The van der Waals surface area contributed by atoms with Gasteiger partial charge in [-0.1, -0.05) is 11.6 Å². The molecule has 8 heteroatoms. The van der Waals surface area contributed by atoms with E-state index in [1.165, 1.54) is 7.11 Å². The molecule has 2 rings (SSSR count). The molecule has 0 aliphatic rings. The number of carboxylic acids is 1. The molecular weight excluding hydrogens is 360 g/mol. The summed E-state index contributed by atoms with van der Waals surface area (Å²) in [5.41, 5.74) is -0.130. The molecule has 1 aromatic carbocycles. The predicted octanol–water partition coefficient (Wildman–Crippen LogP) is 2.92. The molecule has 0 fully saturated rings. The van der Waals surface area contributed by atoms with Gasteiger partial charge in [0, 0.05) is 30.5 Å². The van der Waals surface area contributed by atoms with Crippen molar-refractivity contribution in [1.29, 1.82) is 0 Å². The number of carbonyl (C=O) groups is 2. The van der Waals surface area contributed by atoms with Crippen molar-refractivity contribution in [3.8, 4) is 11.3 Å². The van der Waals surface area contributed by atoms with Crippen LogP contribution in [-0.2, 0) is 20.7 Å². The number of hydrogen-bond donors (Lipinski definition) is 2. The molecule has 7 nitrogen and oxygen atoms in total. The largest absolute Gasteiger partial charge is 0.481 e. The van der Waals surface area contributed by atoms with Gasteiger partial charge in [0.15, 0.2) is 11.7 Å². The molecule has 0 aliphatic carbocycles. The third-order valence-electron chi connectivity index (χ3n) is 3.69. The summed E-state index contributed by atoms with van der Waals surface area (Å²) in [4.78, 5) is 27.3. The van der Waals surface area contributed by atoms with Gasteiger partial charge >= 0.3 is 5.97 Å². The van der Waals surface area contributed by atoms with E-state index in [1.54, 1.807) is 25.3 Å². The highest BCUT2D eigenvalue weighted by Gasteiger charge is 2.29. The van der Waals surface area contributed by atoms with Crippen molar-refractivity contribution < 1.29 is 23.8 Å². The molecule has 0 saturated heterocycles. The van der Waals surface area contributed by atoms with Crippen molar-refractivity contribution in [3.63, 3.8) is 0 Å². The van der Waals surface area contributed by atoms with Crippen molar-refractivity contribution >= 4 is 23.5 Å². The van der Waals surface area contributed by atoms with Crippen LogP contribution in [0, 0.1) is 0 Å². The molecule has 140 valence electrons. The second-order valence-electron chi connectivity index (χ2n) is 6.24. The second-order valence-corrected chi connectivity index (χ2v) is 6.67. The summed E-state index contributed by atoms with van der Waals surface area (Å²) in [6.45, 7) is 1.73. The lowest BCUT2D eigenvalue weighted by molar-refractivity contribution is -0.139. The highest BCUT2D eigenvalue weighted by Crippen LogP contribution is 2.22. The molecular formula is C18H21ClN2O5. The third-order valence-corrected chi connectivity index (χ3v) is 3.95. The van der Waals surface area contributed by atoms with Gasteiger partial charge in [0.25, 0.3) is 0 Å². The molecule has 0 radical (unpaired) electrons. The number of amides is 1. The number of hydrogen-bond acceptors (Lipinski definition) is 5. The van der Waals surface area contributed by atoms with Gasteiger partial charge in [0.2, 0.25) is 5.91 Å². The number of aryl methyl sites for hydroxylation is 1. The van der Waals surface area contributed by atoms with Crippen molar-refractivity contribution in [2.24, 2.45) is 0 Å². The van der Waals surface area contributed by atoms with Crippen LogP contribution in [0.2, 0.25) is 5.02 Å². The van der Waals surface area contributed by atoms with Crippen LogP contribution in [0.15, 0.2) is 34.9 Å². The van der Waals surface area contributed by atoms with Crippen LogP contribution in [0.1, 0.15) is 25.7 Å².